The molecule has 1 aromatic heterocycles. The van der Waals surface area contributed by atoms with Gasteiger partial charge in [0, 0.05) is 24.2 Å². The van der Waals surface area contributed by atoms with Crippen LogP contribution in [0.3, 0.4) is 0 Å². The molecule has 7 heteroatoms. The summed E-state index contributed by atoms with van der Waals surface area (Å²) in [6.07, 6.45) is 5.21. The first-order valence-electron chi connectivity index (χ1n) is 5.20. The molecule has 1 atom stereocenters. The summed E-state index contributed by atoms with van der Waals surface area (Å²) in [6, 6.07) is 0. The highest BCUT2D eigenvalue weighted by Crippen LogP contribution is 2.44. The minimum atomic E-state index is -1.07. The molecule has 18 heavy (non-hydrogen) atoms. The molecule has 1 N–H and O–H groups in total. The predicted molar refractivity (Wildman–Crippen MR) is 65.1 cm³/mol. The number of rotatable bonds is 2. The van der Waals surface area contributed by atoms with Crippen LogP contribution in [0.25, 0.3) is 6.08 Å². The molecular formula is C11H9N3O3S. The Kier molecular flexibility index (Phi) is 2.30. The summed E-state index contributed by atoms with van der Waals surface area (Å²) in [4.78, 5) is 24.1. The third-order valence-electron chi connectivity index (χ3n) is 2.80. The van der Waals surface area contributed by atoms with Crippen molar-refractivity contribution in [3.63, 3.8) is 0 Å². The number of aromatic nitrogens is 2. The Hall–Kier alpha value is -2.02. The lowest BCUT2D eigenvalue weighted by atomic mass is 10.0. The zero-order chi connectivity index (χ0) is 12.9. The van der Waals surface area contributed by atoms with Gasteiger partial charge in [0.15, 0.2) is 0 Å². The normalized spacial score (nSPS) is 23.9. The maximum Gasteiger partial charge on any atom is 0.353 e. The van der Waals surface area contributed by atoms with E-state index in [2.05, 4.69) is 5.10 Å². The van der Waals surface area contributed by atoms with Crippen molar-refractivity contribution in [2.45, 2.75) is 5.37 Å². The first-order valence-corrected chi connectivity index (χ1v) is 6.15. The number of nitrogens with zero attached hydrogens (tertiary/aromatic N) is 3. The number of carbonyl (C=O) groups excluding carboxylic acids is 1. The molecule has 2 aliphatic rings. The number of aryl methyl sites for hydroxylation is 1. The number of hydrogen-bond donors (Lipinski definition) is 1. The van der Waals surface area contributed by atoms with Crippen LogP contribution in [0.2, 0.25) is 0 Å². The van der Waals surface area contributed by atoms with Gasteiger partial charge in [0.2, 0.25) is 0 Å². The Morgan fingerprint density at radius 2 is 2.39 bits per heavy atom. The van der Waals surface area contributed by atoms with Crippen LogP contribution in [0, 0.1) is 0 Å². The molecular weight excluding hydrogens is 254 g/mol. The van der Waals surface area contributed by atoms with Crippen molar-refractivity contribution in [1.82, 2.24) is 14.7 Å². The number of fused-ring (bicyclic) bond motifs is 1. The van der Waals surface area contributed by atoms with Gasteiger partial charge in [0.1, 0.15) is 11.1 Å². The summed E-state index contributed by atoms with van der Waals surface area (Å²) in [5, 5.41) is 14.2. The van der Waals surface area contributed by atoms with Gasteiger partial charge >= 0.3 is 5.97 Å². The van der Waals surface area contributed by atoms with Crippen molar-refractivity contribution >= 4 is 29.7 Å². The molecule has 1 aromatic rings. The lowest BCUT2D eigenvalue weighted by Gasteiger charge is -2.37. The molecule has 2 aliphatic heterocycles. The zero-order valence-corrected chi connectivity index (χ0v) is 10.2. The molecule has 3 heterocycles. The zero-order valence-electron chi connectivity index (χ0n) is 9.40. The molecule has 6 nitrogen and oxygen atoms in total. The lowest BCUT2D eigenvalue weighted by molar-refractivity contribution is -0.141. The Balaban J connectivity index is 1.86. The van der Waals surface area contributed by atoms with E-state index in [1.54, 1.807) is 30.2 Å². The van der Waals surface area contributed by atoms with Crippen molar-refractivity contribution in [3.05, 3.63) is 34.6 Å². The van der Waals surface area contributed by atoms with Gasteiger partial charge in [-0.1, -0.05) is 0 Å². The number of carbonyl (C=O) groups is 2. The Labute approximate surface area is 107 Å². The van der Waals surface area contributed by atoms with Gasteiger partial charge in [-0.3, -0.25) is 14.4 Å². The van der Waals surface area contributed by atoms with E-state index in [9.17, 15) is 9.59 Å². The number of carboxylic acids is 1. The second-order valence-corrected chi connectivity index (χ2v) is 4.97. The summed E-state index contributed by atoms with van der Waals surface area (Å²) in [7, 11) is 1.80. The summed E-state index contributed by atoms with van der Waals surface area (Å²) in [5.74, 6) is -1.32. The fraction of sp³-hybridized carbons (Fsp3) is 0.182. The van der Waals surface area contributed by atoms with Crippen molar-refractivity contribution in [2.75, 3.05) is 0 Å². The number of aliphatic carboxylic acids is 1. The molecule has 1 fully saturated rings. The molecule has 0 aliphatic carbocycles. The smallest absolute Gasteiger partial charge is 0.353 e. The van der Waals surface area contributed by atoms with Crippen LogP contribution in [0.1, 0.15) is 5.56 Å². The number of thioether (sulfide) groups is 1. The van der Waals surface area contributed by atoms with Crippen LogP contribution >= 0.6 is 11.8 Å². The minimum absolute atomic E-state index is 0.0540. The highest BCUT2D eigenvalue weighted by Gasteiger charge is 2.49. The van der Waals surface area contributed by atoms with Gasteiger partial charge in [-0.2, -0.15) is 5.10 Å². The van der Waals surface area contributed by atoms with Crippen LogP contribution in [0.4, 0.5) is 0 Å². The maximum absolute atomic E-state index is 11.9. The fourth-order valence-corrected chi connectivity index (χ4v) is 3.08. The van der Waals surface area contributed by atoms with Gasteiger partial charge in [-0.15, -0.1) is 11.8 Å². The average molecular weight is 263 g/mol. The third-order valence-corrected chi connectivity index (χ3v) is 3.88. The lowest BCUT2D eigenvalue weighted by Crippen LogP contribution is -2.51. The number of hydrogen-bond acceptors (Lipinski definition) is 4. The Morgan fingerprint density at radius 1 is 1.61 bits per heavy atom. The third kappa shape index (κ3) is 1.47. The number of β-lactam (4-membered cyclic amide) rings is 1. The van der Waals surface area contributed by atoms with Crippen LogP contribution in [0.15, 0.2) is 29.1 Å². The minimum Gasteiger partial charge on any atom is -0.477 e. The summed E-state index contributed by atoms with van der Waals surface area (Å²) < 4.78 is 1.65. The second-order valence-electron chi connectivity index (χ2n) is 4.02. The van der Waals surface area contributed by atoms with Gasteiger partial charge in [0.25, 0.3) is 5.91 Å². The van der Waals surface area contributed by atoms with Crippen LogP contribution < -0.4 is 0 Å². The van der Waals surface area contributed by atoms with E-state index in [4.69, 9.17) is 5.11 Å². The summed E-state index contributed by atoms with van der Waals surface area (Å²) >= 11 is 1.33. The van der Waals surface area contributed by atoms with Gasteiger partial charge in [0.05, 0.1) is 11.8 Å². The summed E-state index contributed by atoms with van der Waals surface area (Å²) in [6.45, 7) is 0. The molecule has 0 aromatic carbocycles. The molecule has 0 saturated carbocycles. The van der Waals surface area contributed by atoms with E-state index < -0.39 is 5.97 Å². The largest absolute Gasteiger partial charge is 0.477 e. The first kappa shape index (κ1) is 11.1. The molecule has 1 amide bonds. The van der Waals surface area contributed by atoms with Crippen molar-refractivity contribution in [2.24, 2.45) is 7.05 Å². The molecule has 0 spiro atoms. The van der Waals surface area contributed by atoms with E-state index in [1.807, 2.05) is 0 Å². The Bertz CT molecular complexity index is 617. The monoisotopic (exact) mass is 263 g/mol. The van der Waals surface area contributed by atoms with E-state index >= 15 is 0 Å². The molecule has 0 radical (unpaired) electrons. The molecule has 92 valence electrons. The van der Waals surface area contributed by atoms with Crippen molar-refractivity contribution < 1.29 is 14.7 Å². The Morgan fingerprint density at radius 3 is 3.00 bits per heavy atom. The van der Waals surface area contributed by atoms with E-state index in [0.29, 0.717) is 5.57 Å². The maximum atomic E-state index is 11.9. The average Bonchev–Trinajstić information content (AvgIpc) is 2.89. The van der Waals surface area contributed by atoms with Crippen molar-refractivity contribution in [3.8, 4) is 0 Å². The van der Waals surface area contributed by atoms with E-state index in [-0.39, 0.29) is 17.0 Å². The topological polar surface area (TPSA) is 75.4 Å². The van der Waals surface area contributed by atoms with Crippen molar-refractivity contribution in [1.29, 1.82) is 0 Å². The second kappa shape index (κ2) is 3.74. The number of carboxylic acid groups (broad SMARTS) is 1. The van der Waals surface area contributed by atoms with Gasteiger partial charge in [-0.25, -0.2) is 4.79 Å². The number of amides is 1. The predicted octanol–water partition coefficient (Wildman–Crippen LogP) is 0.645. The van der Waals surface area contributed by atoms with Gasteiger partial charge in [-0.05, 0) is 6.08 Å². The highest BCUT2D eigenvalue weighted by atomic mass is 32.2. The fourth-order valence-electron chi connectivity index (χ4n) is 1.96. The SMILES string of the molecule is Cn1cc(/C=C2\C(=O)N3C(C(=O)O)=CS[C@H]23)cn1. The standard InChI is InChI=1S/C11H9N3O3S/c1-13-4-6(3-12-13)2-7-9(15)14-8(11(16)17)5-18-10(7)14/h2-5,10H,1H3,(H,16,17)/b7-2+/t10-/m1/s1. The molecule has 1 saturated heterocycles. The quantitative estimate of drug-likeness (QED) is 0.626. The first-order chi connectivity index (χ1) is 8.58. The van der Waals surface area contributed by atoms with E-state index in [0.717, 1.165) is 5.56 Å². The van der Waals surface area contributed by atoms with Crippen LogP contribution in [-0.2, 0) is 16.6 Å². The molecule has 0 bridgehead atoms. The van der Waals surface area contributed by atoms with Gasteiger partial charge < -0.3 is 5.11 Å². The highest BCUT2D eigenvalue weighted by molar-refractivity contribution is 8.03. The van der Waals surface area contributed by atoms with E-state index in [1.165, 1.54) is 22.1 Å². The summed E-state index contributed by atoms with van der Waals surface area (Å²) in [5.41, 5.74) is 1.50. The molecule has 0 unspecified atom stereocenters. The van der Waals surface area contributed by atoms with Crippen LogP contribution in [-0.4, -0.2) is 37.0 Å². The van der Waals surface area contributed by atoms with Crippen LogP contribution in [0.5, 0.6) is 0 Å². The molecule has 3 rings (SSSR count).